The molecule has 0 bridgehead atoms. The molecule has 0 aliphatic carbocycles. The predicted molar refractivity (Wildman–Crippen MR) is 87.9 cm³/mol. The molecule has 0 aromatic heterocycles. The van der Waals surface area contributed by atoms with Crippen LogP contribution in [0.4, 0.5) is 8.78 Å². The van der Waals surface area contributed by atoms with E-state index >= 15 is 0 Å². The number of hydrogen-bond donors (Lipinski definition) is 1. The van der Waals surface area contributed by atoms with Crippen molar-refractivity contribution in [3.05, 3.63) is 33.8 Å². The summed E-state index contributed by atoms with van der Waals surface area (Å²) in [7, 11) is 1.97. The summed E-state index contributed by atoms with van der Waals surface area (Å²) in [5.74, 6) is -0.193. The van der Waals surface area contributed by atoms with Gasteiger partial charge in [0.05, 0.1) is 4.47 Å². The van der Waals surface area contributed by atoms with Crippen LogP contribution < -0.4 is 5.32 Å². The van der Waals surface area contributed by atoms with Gasteiger partial charge >= 0.3 is 0 Å². The summed E-state index contributed by atoms with van der Waals surface area (Å²) in [6.45, 7) is 3.23. The van der Waals surface area contributed by atoms with Crippen LogP contribution in [0.1, 0.15) is 24.8 Å². The first-order chi connectivity index (χ1) is 9.61. The van der Waals surface area contributed by atoms with Crippen molar-refractivity contribution in [1.29, 1.82) is 0 Å². The Balaban J connectivity index is 0.00000220. The monoisotopic (exact) mass is 382 g/mol. The van der Waals surface area contributed by atoms with E-state index in [0.717, 1.165) is 38.4 Å². The number of piperidine rings is 1. The minimum absolute atomic E-state index is 0. The van der Waals surface area contributed by atoms with E-state index in [0.29, 0.717) is 11.0 Å². The Morgan fingerprint density at radius 2 is 1.95 bits per heavy atom. The van der Waals surface area contributed by atoms with Gasteiger partial charge < -0.3 is 5.32 Å². The van der Waals surface area contributed by atoms with Gasteiger partial charge in [0.25, 0.3) is 0 Å². The average molecular weight is 384 g/mol. The lowest BCUT2D eigenvalue weighted by Crippen LogP contribution is -2.34. The third-order valence-corrected chi connectivity index (χ3v) is 4.64. The van der Waals surface area contributed by atoms with Crippen molar-refractivity contribution in [3.63, 3.8) is 0 Å². The van der Waals surface area contributed by atoms with Gasteiger partial charge in [-0.2, -0.15) is 0 Å². The molecule has 1 saturated heterocycles. The number of nitrogens with zero attached hydrogens (tertiary/aromatic N) is 1. The summed E-state index contributed by atoms with van der Waals surface area (Å²) in [5, 5.41) is 3.17. The smallest absolute Gasteiger partial charge is 0.144 e. The van der Waals surface area contributed by atoms with E-state index in [9.17, 15) is 8.78 Å². The molecule has 1 aliphatic heterocycles. The predicted octanol–water partition coefficient (Wildman–Crippen LogP) is 3.97. The molecule has 0 unspecified atom stereocenters. The fourth-order valence-electron chi connectivity index (χ4n) is 2.72. The number of rotatable bonds is 5. The lowest BCUT2D eigenvalue weighted by Gasteiger charge is -2.32. The molecule has 1 heterocycles. The second kappa shape index (κ2) is 9.03. The van der Waals surface area contributed by atoms with Crippen molar-refractivity contribution in [2.45, 2.75) is 25.8 Å². The number of halogens is 4. The fraction of sp³-hybridized carbons (Fsp3) is 0.600. The lowest BCUT2D eigenvalue weighted by atomic mass is 9.93. The molecule has 120 valence electrons. The Morgan fingerprint density at radius 1 is 1.29 bits per heavy atom. The first-order valence-electron chi connectivity index (χ1n) is 7.11. The third-order valence-electron chi connectivity index (χ3n) is 4.03. The minimum atomic E-state index is -0.470. The van der Waals surface area contributed by atoms with Gasteiger partial charge in [-0.25, -0.2) is 8.78 Å². The van der Waals surface area contributed by atoms with E-state index in [4.69, 9.17) is 0 Å². The van der Waals surface area contributed by atoms with Crippen LogP contribution >= 0.6 is 28.3 Å². The Bertz CT molecular complexity index is 452. The van der Waals surface area contributed by atoms with Gasteiger partial charge in [-0.1, -0.05) is 0 Å². The zero-order valence-corrected chi connectivity index (χ0v) is 14.6. The van der Waals surface area contributed by atoms with Crippen LogP contribution in [0.25, 0.3) is 0 Å². The topological polar surface area (TPSA) is 15.3 Å². The van der Waals surface area contributed by atoms with Crippen molar-refractivity contribution >= 4 is 28.3 Å². The van der Waals surface area contributed by atoms with Crippen LogP contribution in [0, 0.1) is 17.6 Å². The highest BCUT2D eigenvalue weighted by molar-refractivity contribution is 9.10. The maximum atomic E-state index is 13.9. The quantitative estimate of drug-likeness (QED) is 0.774. The van der Waals surface area contributed by atoms with Gasteiger partial charge in [-0.3, -0.25) is 4.90 Å². The van der Waals surface area contributed by atoms with Crippen molar-refractivity contribution in [2.75, 3.05) is 26.7 Å². The maximum absolute atomic E-state index is 13.9. The van der Waals surface area contributed by atoms with Crippen LogP contribution in [0.2, 0.25) is 0 Å². The zero-order valence-electron chi connectivity index (χ0n) is 12.2. The summed E-state index contributed by atoms with van der Waals surface area (Å²) in [6, 6.07) is 2.74. The molecule has 0 saturated carbocycles. The molecule has 1 aromatic rings. The molecular formula is C15H22BrClF2N2. The van der Waals surface area contributed by atoms with Crippen molar-refractivity contribution < 1.29 is 8.78 Å². The molecule has 1 N–H and O–H groups in total. The van der Waals surface area contributed by atoms with Gasteiger partial charge in [0.15, 0.2) is 0 Å². The standard InChI is InChI=1S/C15H21BrF2N2.ClH/c1-19-7-4-11-5-8-20(9-6-11)10-12-14(17)3-2-13(16)15(12)18;/h2-3,11,19H,4-10H2,1H3;1H. The van der Waals surface area contributed by atoms with Gasteiger partial charge in [-0.15, -0.1) is 12.4 Å². The van der Waals surface area contributed by atoms with Crippen LogP contribution in [0.15, 0.2) is 16.6 Å². The van der Waals surface area contributed by atoms with E-state index in [1.165, 1.54) is 18.6 Å². The number of likely N-dealkylation sites (tertiary alicyclic amines) is 1. The Morgan fingerprint density at radius 3 is 2.57 bits per heavy atom. The van der Waals surface area contributed by atoms with Gasteiger partial charge in [-0.05, 0) is 79.9 Å². The highest BCUT2D eigenvalue weighted by Crippen LogP contribution is 2.26. The van der Waals surface area contributed by atoms with Gasteiger partial charge in [0.2, 0.25) is 0 Å². The first kappa shape index (κ1) is 18.8. The fourth-order valence-corrected chi connectivity index (χ4v) is 3.09. The largest absolute Gasteiger partial charge is 0.320 e. The average Bonchev–Trinajstić information content (AvgIpc) is 2.47. The highest BCUT2D eigenvalue weighted by atomic mass is 79.9. The summed E-state index contributed by atoms with van der Waals surface area (Å²) in [4.78, 5) is 2.14. The lowest BCUT2D eigenvalue weighted by molar-refractivity contribution is 0.169. The summed E-state index contributed by atoms with van der Waals surface area (Å²) in [6.07, 6.45) is 3.40. The first-order valence-corrected chi connectivity index (χ1v) is 7.90. The molecule has 1 fully saturated rings. The summed E-state index contributed by atoms with van der Waals surface area (Å²) in [5.41, 5.74) is 0.174. The van der Waals surface area contributed by atoms with Crippen LogP contribution in [-0.2, 0) is 6.54 Å². The maximum Gasteiger partial charge on any atom is 0.144 e. The molecule has 6 heteroatoms. The van der Waals surface area contributed by atoms with Crippen LogP contribution in [0.5, 0.6) is 0 Å². The van der Waals surface area contributed by atoms with E-state index in [1.807, 2.05) is 7.05 Å². The van der Waals surface area contributed by atoms with Crippen molar-refractivity contribution in [1.82, 2.24) is 10.2 Å². The molecule has 1 aliphatic rings. The van der Waals surface area contributed by atoms with Crippen molar-refractivity contribution in [2.24, 2.45) is 5.92 Å². The van der Waals surface area contributed by atoms with E-state index in [-0.39, 0.29) is 18.0 Å². The molecule has 0 atom stereocenters. The summed E-state index contributed by atoms with van der Waals surface area (Å²) < 4.78 is 28.0. The van der Waals surface area contributed by atoms with Crippen molar-refractivity contribution in [3.8, 4) is 0 Å². The van der Waals surface area contributed by atoms with E-state index in [2.05, 4.69) is 26.1 Å². The van der Waals surface area contributed by atoms with E-state index < -0.39 is 11.6 Å². The molecule has 1 aromatic carbocycles. The van der Waals surface area contributed by atoms with Crippen LogP contribution in [-0.4, -0.2) is 31.6 Å². The SMILES string of the molecule is CNCCC1CCN(Cc2c(F)ccc(Br)c2F)CC1.Cl. The zero-order chi connectivity index (χ0) is 14.5. The molecule has 0 spiro atoms. The Labute approximate surface area is 139 Å². The molecule has 21 heavy (non-hydrogen) atoms. The molecule has 0 radical (unpaired) electrons. The highest BCUT2D eigenvalue weighted by Gasteiger charge is 2.21. The molecule has 2 nitrogen and oxygen atoms in total. The molecule has 0 amide bonds. The van der Waals surface area contributed by atoms with Gasteiger partial charge in [0.1, 0.15) is 11.6 Å². The second-order valence-corrected chi connectivity index (χ2v) is 6.29. The molecule has 2 rings (SSSR count). The van der Waals surface area contributed by atoms with E-state index in [1.54, 1.807) is 0 Å². The molecular weight excluding hydrogens is 362 g/mol. The van der Waals surface area contributed by atoms with Crippen LogP contribution in [0.3, 0.4) is 0 Å². The third kappa shape index (κ3) is 5.16. The number of benzene rings is 1. The number of hydrogen-bond acceptors (Lipinski definition) is 2. The normalized spacial score (nSPS) is 16.8. The van der Waals surface area contributed by atoms with Gasteiger partial charge in [0, 0.05) is 12.1 Å². The Kier molecular flexibility index (Phi) is 8.09. The summed E-state index contributed by atoms with van der Waals surface area (Å²) >= 11 is 3.12. The Hall–Kier alpha value is -0.230. The second-order valence-electron chi connectivity index (χ2n) is 5.43. The number of nitrogens with one attached hydrogen (secondary N) is 1. The minimum Gasteiger partial charge on any atom is -0.320 e.